The molecule has 0 saturated heterocycles. The van der Waals surface area contributed by atoms with Crippen molar-refractivity contribution >= 4 is 34.4 Å². The van der Waals surface area contributed by atoms with Crippen LogP contribution in [0.5, 0.6) is 0 Å². The van der Waals surface area contributed by atoms with Crippen molar-refractivity contribution in [1.82, 2.24) is 4.98 Å². The zero-order valence-corrected chi connectivity index (χ0v) is 9.87. The van der Waals surface area contributed by atoms with E-state index in [0.717, 1.165) is 11.2 Å². The zero-order valence-electron chi connectivity index (χ0n) is 9.05. The van der Waals surface area contributed by atoms with Crippen molar-refractivity contribution in [3.8, 4) is 10.6 Å². The van der Waals surface area contributed by atoms with E-state index in [-0.39, 0.29) is 0 Å². The molecule has 1 aliphatic rings. The highest BCUT2D eigenvalue weighted by Crippen LogP contribution is 2.34. The van der Waals surface area contributed by atoms with E-state index in [2.05, 4.69) is 53.9 Å². The van der Waals surface area contributed by atoms with Crippen molar-refractivity contribution in [3.63, 3.8) is 0 Å². The highest BCUT2D eigenvalue weighted by molar-refractivity contribution is 7.13. The third-order valence-corrected chi connectivity index (χ3v) is 4.00. The smallest absolute Gasteiger partial charge is 0.0815 e. The largest absolute Gasteiger partial charge is 0.247 e. The van der Waals surface area contributed by atoms with Crippen molar-refractivity contribution in [2.75, 3.05) is 0 Å². The molecule has 0 bridgehead atoms. The van der Waals surface area contributed by atoms with Crippen LogP contribution in [0.1, 0.15) is 11.1 Å². The summed E-state index contributed by atoms with van der Waals surface area (Å²) in [5, 5.41) is 3.38. The molecule has 17 heavy (non-hydrogen) atoms. The van der Waals surface area contributed by atoms with E-state index in [0.29, 0.717) is 0 Å². The summed E-state index contributed by atoms with van der Waals surface area (Å²) in [4.78, 5) is 5.98. The van der Waals surface area contributed by atoms with Gasteiger partial charge in [0.25, 0.3) is 0 Å². The maximum absolute atomic E-state index is 4.75. The molecule has 2 heteroatoms. The van der Waals surface area contributed by atoms with Crippen molar-refractivity contribution in [2.45, 2.75) is 0 Å². The number of aromatic nitrogens is 1. The quantitative estimate of drug-likeness (QED) is 0.475. The third kappa shape index (κ3) is 1.28. The first-order chi connectivity index (χ1) is 8.42. The Morgan fingerprint density at radius 2 is 1.88 bits per heavy atom. The predicted molar refractivity (Wildman–Crippen MR) is 74.0 cm³/mol. The van der Waals surface area contributed by atoms with Crippen LogP contribution in [0.25, 0.3) is 33.6 Å². The molecule has 80 valence electrons. The molecular weight excluding hydrogens is 226 g/mol. The molecule has 1 nitrogen and oxygen atoms in total. The molecule has 0 radical (unpaired) electrons. The molecule has 2 aromatic heterocycles. The summed E-state index contributed by atoms with van der Waals surface area (Å²) in [6.45, 7) is 0. The highest BCUT2D eigenvalue weighted by atomic mass is 32.1. The molecule has 0 unspecified atom stereocenters. The van der Waals surface area contributed by atoms with E-state index in [9.17, 15) is 0 Å². The van der Waals surface area contributed by atoms with Gasteiger partial charge in [-0.15, -0.1) is 11.3 Å². The lowest BCUT2D eigenvalue weighted by Crippen LogP contribution is -1.86. The van der Waals surface area contributed by atoms with Gasteiger partial charge in [-0.25, -0.2) is 4.98 Å². The van der Waals surface area contributed by atoms with Crippen molar-refractivity contribution < 1.29 is 0 Å². The first kappa shape index (κ1) is 9.14. The summed E-state index contributed by atoms with van der Waals surface area (Å²) < 4.78 is 0. The Morgan fingerprint density at radius 3 is 2.76 bits per heavy atom. The second kappa shape index (κ2) is 3.28. The van der Waals surface area contributed by atoms with Gasteiger partial charge in [0.05, 0.1) is 16.1 Å². The fourth-order valence-electron chi connectivity index (χ4n) is 2.35. The van der Waals surface area contributed by atoms with Crippen LogP contribution in [0.4, 0.5) is 0 Å². The monoisotopic (exact) mass is 235 g/mol. The van der Waals surface area contributed by atoms with Crippen LogP contribution >= 0.6 is 11.3 Å². The van der Waals surface area contributed by atoms with Gasteiger partial charge in [-0.3, -0.25) is 0 Å². The van der Waals surface area contributed by atoms with E-state index < -0.39 is 0 Å². The molecule has 2 heterocycles. The average Bonchev–Trinajstić information content (AvgIpc) is 2.99. The number of rotatable bonds is 1. The first-order valence-corrected chi connectivity index (χ1v) is 6.45. The minimum absolute atomic E-state index is 1.08. The van der Waals surface area contributed by atoms with Gasteiger partial charge < -0.3 is 0 Å². The van der Waals surface area contributed by atoms with Crippen LogP contribution in [-0.4, -0.2) is 4.98 Å². The number of hydrogen-bond acceptors (Lipinski definition) is 2. The van der Waals surface area contributed by atoms with Crippen LogP contribution in [0.2, 0.25) is 0 Å². The summed E-state index contributed by atoms with van der Waals surface area (Å²) in [6, 6.07) is 12.7. The van der Waals surface area contributed by atoms with Gasteiger partial charge in [-0.05, 0) is 34.7 Å². The van der Waals surface area contributed by atoms with Gasteiger partial charge >= 0.3 is 0 Å². The minimum atomic E-state index is 1.08. The first-order valence-electron chi connectivity index (χ1n) is 5.57. The normalized spacial score (nSPS) is 12.5. The van der Waals surface area contributed by atoms with E-state index in [1.54, 1.807) is 11.3 Å². The van der Waals surface area contributed by atoms with E-state index in [4.69, 9.17) is 4.98 Å². The van der Waals surface area contributed by atoms with E-state index >= 15 is 0 Å². The second-order valence-corrected chi connectivity index (χ2v) is 5.10. The topological polar surface area (TPSA) is 12.9 Å². The standard InChI is InChI=1S/C15H9NS/c1-3-10-6-7-11-9-13(14-5-2-8-17-14)16-12(4-1)15(10)11/h1-9H. The lowest BCUT2D eigenvalue weighted by molar-refractivity contribution is 1.41. The van der Waals surface area contributed by atoms with Gasteiger partial charge in [-0.2, -0.15) is 0 Å². The number of pyridine rings is 1. The maximum atomic E-state index is 4.75. The number of thiophene rings is 1. The molecular formula is C15H9NS. The Morgan fingerprint density at radius 1 is 0.941 bits per heavy atom. The van der Waals surface area contributed by atoms with Crippen molar-refractivity contribution in [2.24, 2.45) is 0 Å². The highest BCUT2D eigenvalue weighted by Gasteiger charge is 2.12. The Labute approximate surface area is 103 Å². The Hall–Kier alpha value is -1.93. The van der Waals surface area contributed by atoms with Crippen LogP contribution in [0.3, 0.4) is 0 Å². The van der Waals surface area contributed by atoms with Gasteiger partial charge in [0.15, 0.2) is 0 Å². The fourth-order valence-corrected chi connectivity index (χ4v) is 3.03. The average molecular weight is 235 g/mol. The molecule has 0 amide bonds. The Balaban J connectivity index is 2.09. The van der Waals surface area contributed by atoms with E-state index in [1.807, 2.05) is 0 Å². The van der Waals surface area contributed by atoms with Crippen LogP contribution in [0, 0.1) is 0 Å². The van der Waals surface area contributed by atoms with Gasteiger partial charge in [0, 0.05) is 5.39 Å². The summed E-state index contributed by atoms with van der Waals surface area (Å²) in [5.41, 5.74) is 4.73. The molecule has 3 aromatic rings. The molecule has 0 N–H and O–H groups in total. The van der Waals surface area contributed by atoms with Gasteiger partial charge in [0.1, 0.15) is 0 Å². The lowest BCUT2D eigenvalue weighted by Gasteiger charge is -2.04. The molecule has 1 aromatic carbocycles. The second-order valence-electron chi connectivity index (χ2n) is 4.15. The number of nitrogens with zero attached hydrogens (tertiary/aromatic N) is 1. The van der Waals surface area contributed by atoms with Gasteiger partial charge in [-0.1, -0.05) is 30.4 Å². The van der Waals surface area contributed by atoms with Crippen LogP contribution < -0.4 is 0 Å². The number of benzene rings is 1. The Kier molecular flexibility index (Phi) is 1.76. The van der Waals surface area contributed by atoms with Crippen molar-refractivity contribution in [1.29, 1.82) is 0 Å². The van der Waals surface area contributed by atoms with Crippen molar-refractivity contribution in [3.05, 3.63) is 52.9 Å². The molecule has 4 rings (SSSR count). The summed E-state index contributed by atoms with van der Waals surface area (Å²) in [6.07, 6.45) is 4.34. The molecule has 0 atom stereocenters. The molecule has 1 aliphatic carbocycles. The van der Waals surface area contributed by atoms with Gasteiger partial charge in [0.2, 0.25) is 0 Å². The molecule has 0 spiro atoms. The van der Waals surface area contributed by atoms with Crippen LogP contribution in [-0.2, 0) is 0 Å². The fraction of sp³-hybridized carbons (Fsp3) is 0. The SMILES string of the molecule is C1=Cc2cc(-c3cccs3)nc3cccc1c23. The maximum Gasteiger partial charge on any atom is 0.0815 e. The van der Waals surface area contributed by atoms with E-state index in [1.165, 1.54) is 21.4 Å². The summed E-state index contributed by atoms with van der Waals surface area (Å²) in [5.74, 6) is 0. The summed E-state index contributed by atoms with van der Waals surface area (Å²) in [7, 11) is 0. The molecule has 0 fully saturated rings. The molecule has 0 aliphatic heterocycles. The molecule has 0 saturated carbocycles. The predicted octanol–water partition coefficient (Wildman–Crippen LogP) is 4.45. The minimum Gasteiger partial charge on any atom is -0.247 e. The number of hydrogen-bond donors (Lipinski definition) is 0. The Bertz CT molecular complexity index is 739. The summed E-state index contributed by atoms with van der Waals surface area (Å²) >= 11 is 1.73. The third-order valence-electron chi connectivity index (χ3n) is 3.11. The zero-order chi connectivity index (χ0) is 11.2. The van der Waals surface area contributed by atoms with Crippen LogP contribution in [0.15, 0.2) is 41.8 Å². The lowest BCUT2D eigenvalue weighted by atomic mass is 10.1.